The Balaban J connectivity index is 2.36. The minimum Gasteiger partial charge on any atom is -0.360 e. The molecule has 21 heavy (non-hydrogen) atoms. The van der Waals surface area contributed by atoms with Crippen LogP contribution in [0.2, 0.25) is 0 Å². The van der Waals surface area contributed by atoms with Crippen LogP contribution in [0.4, 0.5) is 5.69 Å². The zero-order chi connectivity index (χ0) is 15.6. The van der Waals surface area contributed by atoms with Crippen molar-refractivity contribution < 1.29 is 0 Å². The van der Waals surface area contributed by atoms with Gasteiger partial charge in [-0.05, 0) is 70.9 Å². The maximum Gasteiger partial charge on any atom is 0.0537 e. The summed E-state index contributed by atoms with van der Waals surface area (Å²) in [5.41, 5.74) is 5.60. The van der Waals surface area contributed by atoms with Crippen molar-refractivity contribution in [3.05, 3.63) is 35.4 Å². The Kier molecular flexibility index (Phi) is 4.77. The van der Waals surface area contributed by atoms with Crippen LogP contribution in [0.1, 0.15) is 59.1 Å². The number of rotatable bonds is 5. The molecule has 0 unspecified atom stereocenters. The molecule has 0 bridgehead atoms. The molecule has 0 atom stereocenters. The first-order valence-electron chi connectivity index (χ1n) is 8.19. The Bertz CT molecular complexity index is 526. The standard InChI is InChI=1S/C19H30N2/c1-7-10-20-13-16-8-9-18-17(11-16)15(4)12-19(5,6)21(18)14(2)3/h8-9,11-12,14,20H,7,10,13H2,1-6H3. The van der Waals surface area contributed by atoms with Crippen LogP contribution in [-0.2, 0) is 6.54 Å². The Labute approximate surface area is 130 Å². The van der Waals surface area contributed by atoms with Crippen LogP contribution >= 0.6 is 0 Å². The van der Waals surface area contributed by atoms with Crippen molar-refractivity contribution in [3.8, 4) is 0 Å². The molecule has 2 nitrogen and oxygen atoms in total. The summed E-state index contributed by atoms with van der Waals surface area (Å²) in [5, 5.41) is 3.49. The van der Waals surface area contributed by atoms with Gasteiger partial charge in [-0.1, -0.05) is 19.1 Å². The van der Waals surface area contributed by atoms with E-state index in [-0.39, 0.29) is 5.54 Å². The summed E-state index contributed by atoms with van der Waals surface area (Å²) < 4.78 is 0. The highest BCUT2D eigenvalue weighted by molar-refractivity contribution is 5.81. The number of nitrogens with zero attached hydrogens (tertiary/aromatic N) is 1. The van der Waals surface area contributed by atoms with Gasteiger partial charge in [-0.3, -0.25) is 0 Å². The molecule has 0 spiro atoms. The van der Waals surface area contributed by atoms with Gasteiger partial charge in [-0.25, -0.2) is 0 Å². The molecular formula is C19H30N2. The molecule has 1 aliphatic rings. The first-order chi connectivity index (χ1) is 9.86. The molecule has 2 heteroatoms. The molecule has 0 aliphatic carbocycles. The molecular weight excluding hydrogens is 256 g/mol. The summed E-state index contributed by atoms with van der Waals surface area (Å²) >= 11 is 0. The first-order valence-corrected chi connectivity index (χ1v) is 8.19. The number of anilines is 1. The van der Waals surface area contributed by atoms with Crippen LogP contribution in [0.5, 0.6) is 0 Å². The largest absolute Gasteiger partial charge is 0.360 e. The third-order valence-corrected chi connectivity index (χ3v) is 4.21. The topological polar surface area (TPSA) is 15.3 Å². The molecule has 116 valence electrons. The van der Waals surface area contributed by atoms with Crippen molar-refractivity contribution in [3.63, 3.8) is 0 Å². The summed E-state index contributed by atoms with van der Waals surface area (Å²) in [6.45, 7) is 15.6. The fourth-order valence-electron chi connectivity index (χ4n) is 3.56. The van der Waals surface area contributed by atoms with E-state index in [9.17, 15) is 0 Å². The molecule has 0 saturated heterocycles. The van der Waals surface area contributed by atoms with E-state index in [4.69, 9.17) is 0 Å². The van der Waals surface area contributed by atoms with Gasteiger partial charge in [0, 0.05) is 23.8 Å². The summed E-state index contributed by atoms with van der Waals surface area (Å²) in [6, 6.07) is 7.42. The lowest BCUT2D eigenvalue weighted by atomic mass is 9.87. The normalized spacial score (nSPS) is 16.9. The van der Waals surface area contributed by atoms with Crippen LogP contribution < -0.4 is 10.2 Å². The number of hydrogen-bond donors (Lipinski definition) is 1. The summed E-state index contributed by atoms with van der Waals surface area (Å²) in [4.78, 5) is 2.53. The highest BCUT2D eigenvalue weighted by atomic mass is 15.2. The van der Waals surface area contributed by atoms with E-state index in [1.807, 2.05) is 0 Å². The molecule has 0 aromatic heterocycles. The van der Waals surface area contributed by atoms with Gasteiger partial charge in [0.1, 0.15) is 0 Å². The second-order valence-electron chi connectivity index (χ2n) is 6.97. The number of allylic oxidation sites excluding steroid dienone is 1. The van der Waals surface area contributed by atoms with E-state index in [2.05, 4.69) is 76.0 Å². The highest BCUT2D eigenvalue weighted by Crippen LogP contribution is 2.40. The van der Waals surface area contributed by atoms with Gasteiger partial charge in [-0.15, -0.1) is 0 Å². The predicted octanol–water partition coefficient (Wildman–Crippen LogP) is 4.60. The molecule has 1 aliphatic heterocycles. The Morgan fingerprint density at radius 2 is 1.95 bits per heavy atom. The third-order valence-electron chi connectivity index (χ3n) is 4.21. The summed E-state index contributed by atoms with van der Waals surface area (Å²) in [6.07, 6.45) is 3.58. The van der Waals surface area contributed by atoms with E-state index in [0.29, 0.717) is 6.04 Å². The van der Waals surface area contributed by atoms with Crippen molar-refractivity contribution in [1.29, 1.82) is 0 Å². The van der Waals surface area contributed by atoms with Gasteiger partial charge in [0.2, 0.25) is 0 Å². The fourth-order valence-corrected chi connectivity index (χ4v) is 3.56. The Morgan fingerprint density at radius 1 is 1.24 bits per heavy atom. The average Bonchev–Trinajstić information content (AvgIpc) is 2.38. The third kappa shape index (κ3) is 3.32. The predicted molar refractivity (Wildman–Crippen MR) is 93.8 cm³/mol. The van der Waals surface area contributed by atoms with Crippen LogP contribution in [0, 0.1) is 0 Å². The van der Waals surface area contributed by atoms with Crippen LogP contribution in [0.25, 0.3) is 5.57 Å². The highest BCUT2D eigenvalue weighted by Gasteiger charge is 2.32. The molecule has 1 heterocycles. The van der Waals surface area contributed by atoms with Gasteiger partial charge >= 0.3 is 0 Å². The van der Waals surface area contributed by atoms with Gasteiger partial charge in [0.05, 0.1) is 5.54 Å². The molecule has 0 saturated carbocycles. The molecule has 0 fully saturated rings. The molecule has 0 amide bonds. The van der Waals surface area contributed by atoms with E-state index >= 15 is 0 Å². The number of fused-ring (bicyclic) bond motifs is 1. The maximum atomic E-state index is 3.49. The lowest BCUT2D eigenvalue weighted by Crippen LogP contribution is -2.49. The zero-order valence-corrected chi connectivity index (χ0v) is 14.5. The minimum atomic E-state index is 0.0766. The second-order valence-corrected chi connectivity index (χ2v) is 6.97. The van der Waals surface area contributed by atoms with Gasteiger partial charge in [0.25, 0.3) is 0 Å². The van der Waals surface area contributed by atoms with E-state index in [0.717, 1.165) is 13.1 Å². The summed E-state index contributed by atoms with van der Waals surface area (Å²) in [5.74, 6) is 0. The van der Waals surface area contributed by atoms with Crippen molar-refractivity contribution >= 4 is 11.3 Å². The van der Waals surface area contributed by atoms with Crippen LogP contribution in [0.3, 0.4) is 0 Å². The van der Waals surface area contributed by atoms with E-state index in [1.165, 1.54) is 28.8 Å². The van der Waals surface area contributed by atoms with E-state index < -0.39 is 0 Å². The number of benzene rings is 1. The molecule has 1 aromatic carbocycles. The smallest absolute Gasteiger partial charge is 0.0537 e. The summed E-state index contributed by atoms with van der Waals surface area (Å²) in [7, 11) is 0. The van der Waals surface area contributed by atoms with Gasteiger partial charge in [0.15, 0.2) is 0 Å². The Hall–Kier alpha value is -1.28. The molecule has 2 rings (SSSR count). The quantitative estimate of drug-likeness (QED) is 0.796. The van der Waals surface area contributed by atoms with Crippen LogP contribution in [0.15, 0.2) is 24.3 Å². The molecule has 1 N–H and O–H groups in total. The van der Waals surface area contributed by atoms with Gasteiger partial charge < -0.3 is 10.2 Å². The molecule has 0 radical (unpaired) electrons. The lowest BCUT2D eigenvalue weighted by molar-refractivity contribution is 0.507. The van der Waals surface area contributed by atoms with Crippen molar-refractivity contribution in [2.45, 2.75) is 66.1 Å². The average molecular weight is 286 g/mol. The SMILES string of the molecule is CCCNCc1ccc2c(c1)C(C)=CC(C)(C)N2C(C)C. The lowest BCUT2D eigenvalue weighted by Gasteiger charge is -2.46. The maximum absolute atomic E-state index is 3.49. The number of hydrogen-bond acceptors (Lipinski definition) is 2. The van der Waals surface area contributed by atoms with Crippen molar-refractivity contribution in [1.82, 2.24) is 5.32 Å². The Morgan fingerprint density at radius 3 is 2.57 bits per heavy atom. The van der Waals surface area contributed by atoms with Crippen molar-refractivity contribution in [2.75, 3.05) is 11.4 Å². The fraction of sp³-hybridized carbons (Fsp3) is 0.579. The van der Waals surface area contributed by atoms with Gasteiger partial charge in [-0.2, -0.15) is 0 Å². The minimum absolute atomic E-state index is 0.0766. The monoisotopic (exact) mass is 286 g/mol. The second kappa shape index (κ2) is 6.23. The van der Waals surface area contributed by atoms with Crippen molar-refractivity contribution in [2.24, 2.45) is 0 Å². The first kappa shape index (κ1) is 16.1. The molecule has 1 aromatic rings. The zero-order valence-electron chi connectivity index (χ0n) is 14.5. The number of nitrogens with one attached hydrogen (secondary N) is 1. The van der Waals surface area contributed by atoms with Crippen LogP contribution in [-0.4, -0.2) is 18.1 Å². The van der Waals surface area contributed by atoms with E-state index in [1.54, 1.807) is 0 Å².